The monoisotopic (exact) mass is 228 g/mol. The number of aliphatic hydroxyl groups excluding tert-OH is 1. The summed E-state index contributed by atoms with van der Waals surface area (Å²) in [6, 6.07) is 0.288. The van der Waals surface area contributed by atoms with E-state index in [2.05, 4.69) is 10.2 Å². The third kappa shape index (κ3) is 3.17. The number of ether oxygens (including phenoxy) is 1. The van der Waals surface area contributed by atoms with Crippen molar-refractivity contribution in [1.29, 1.82) is 0 Å². The second kappa shape index (κ2) is 5.61. The number of aliphatic hydroxyl groups is 1. The molecule has 2 saturated heterocycles. The Morgan fingerprint density at radius 2 is 2.06 bits per heavy atom. The lowest BCUT2D eigenvalue weighted by atomic mass is 10.0. The number of nitrogens with zero attached hydrogens (tertiary/aromatic N) is 1. The summed E-state index contributed by atoms with van der Waals surface area (Å²) in [5.74, 6) is 0.471. The Labute approximate surface area is 95.8 Å². The van der Waals surface area contributed by atoms with E-state index in [9.17, 15) is 4.79 Å². The molecule has 1 amide bonds. The van der Waals surface area contributed by atoms with Crippen LogP contribution in [0.4, 0.5) is 0 Å². The van der Waals surface area contributed by atoms with E-state index in [1.165, 1.54) is 0 Å². The van der Waals surface area contributed by atoms with E-state index in [0.717, 1.165) is 39.1 Å². The van der Waals surface area contributed by atoms with Gasteiger partial charge in [0.2, 0.25) is 5.91 Å². The molecule has 2 fully saturated rings. The minimum atomic E-state index is 0.100. The van der Waals surface area contributed by atoms with E-state index in [1.54, 1.807) is 0 Å². The molecule has 0 aromatic heterocycles. The highest BCUT2D eigenvalue weighted by atomic mass is 16.5. The zero-order chi connectivity index (χ0) is 11.4. The molecule has 92 valence electrons. The van der Waals surface area contributed by atoms with Crippen LogP contribution in [-0.2, 0) is 9.53 Å². The molecular weight excluding hydrogens is 208 g/mol. The molecule has 5 nitrogen and oxygen atoms in total. The zero-order valence-corrected chi connectivity index (χ0v) is 9.52. The summed E-state index contributed by atoms with van der Waals surface area (Å²) in [6.45, 7) is 3.89. The Morgan fingerprint density at radius 1 is 1.38 bits per heavy atom. The third-order valence-corrected chi connectivity index (χ3v) is 3.24. The van der Waals surface area contributed by atoms with Crippen molar-refractivity contribution in [2.75, 3.05) is 39.5 Å². The van der Waals surface area contributed by atoms with Gasteiger partial charge in [0, 0.05) is 44.9 Å². The minimum Gasteiger partial charge on any atom is -0.396 e. The number of likely N-dealkylation sites (tertiary alicyclic amines) is 1. The van der Waals surface area contributed by atoms with Crippen LogP contribution in [0.5, 0.6) is 0 Å². The van der Waals surface area contributed by atoms with Crippen LogP contribution in [0.1, 0.15) is 12.8 Å². The number of carbonyl (C=O) groups is 1. The van der Waals surface area contributed by atoms with Gasteiger partial charge in [-0.25, -0.2) is 0 Å². The molecule has 2 heterocycles. The van der Waals surface area contributed by atoms with Gasteiger partial charge in [-0.05, 0) is 12.8 Å². The largest absolute Gasteiger partial charge is 0.396 e. The third-order valence-electron chi connectivity index (χ3n) is 3.24. The molecule has 0 atom stereocenters. The molecule has 2 aliphatic rings. The maximum Gasteiger partial charge on any atom is 0.234 e. The van der Waals surface area contributed by atoms with Crippen LogP contribution in [0, 0.1) is 5.92 Å². The maximum atomic E-state index is 11.7. The van der Waals surface area contributed by atoms with Gasteiger partial charge in [0.1, 0.15) is 0 Å². The first-order valence-electron chi connectivity index (χ1n) is 5.98. The van der Waals surface area contributed by atoms with E-state index in [1.807, 2.05) is 0 Å². The van der Waals surface area contributed by atoms with Gasteiger partial charge < -0.3 is 15.2 Å². The number of nitrogens with one attached hydrogen (secondary N) is 1. The molecular formula is C11H20N2O3. The number of hydrogen-bond donors (Lipinski definition) is 2. The van der Waals surface area contributed by atoms with Crippen molar-refractivity contribution < 1.29 is 14.6 Å². The Balaban J connectivity index is 1.61. The zero-order valence-electron chi connectivity index (χ0n) is 9.52. The molecule has 2 N–H and O–H groups in total. The average molecular weight is 228 g/mol. The molecule has 0 saturated carbocycles. The average Bonchev–Trinajstić information content (AvgIpc) is 2.24. The van der Waals surface area contributed by atoms with Gasteiger partial charge in [0.05, 0.1) is 6.54 Å². The quantitative estimate of drug-likeness (QED) is 0.662. The normalized spacial score (nSPS) is 24.1. The molecule has 0 spiro atoms. The standard InChI is InChI=1S/C11H20N2O3/c14-8-9-5-13(6-9)7-11(15)12-10-1-3-16-4-2-10/h9-10,14H,1-8H2,(H,12,15). The van der Waals surface area contributed by atoms with Gasteiger partial charge >= 0.3 is 0 Å². The van der Waals surface area contributed by atoms with E-state index >= 15 is 0 Å². The Morgan fingerprint density at radius 3 is 2.69 bits per heavy atom. The Hall–Kier alpha value is -0.650. The summed E-state index contributed by atoms with van der Waals surface area (Å²) in [5.41, 5.74) is 0. The molecule has 2 rings (SSSR count). The number of carbonyl (C=O) groups excluding carboxylic acids is 1. The lowest BCUT2D eigenvalue weighted by molar-refractivity contribution is -0.125. The summed E-state index contributed by atoms with van der Waals surface area (Å²) in [6.07, 6.45) is 1.84. The fourth-order valence-electron chi connectivity index (χ4n) is 2.24. The first-order valence-corrected chi connectivity index (χ1v) is 5.98. The molecule has 5 heteroatoms. The molecule has 0 aromatic carbocycles. The summed E-state index contributed by atoms with van der Waals surface area (Å²) < 4.78 is 5.23. The van der Waals surface area contributed by atoms with Crippen LogP contribution in [0.2, 0.25) is 0 Å². The number of amides is 1. The molecule has 0 bridgehead atoms. The highest BCUT2D eigenvalue weighted by molar-refractivity contribution is 5.78. The summed E-state index contributed by atoms with van der Waals surface area (Å²) in [7, 11) is 0. The van der Waals surface area contributed by atoms with Gasteiger partial charge in [-0.15, -0.1) is 0 Å². The molecule has 2 aliphatic heterocycles. The molecule has 16 heavy (non-hydrogen) atoms. The molecule has 0 unspecified atom stereocenters. The molecule has 0 aromatic rings. The van der Waals surface area contributed by atoms with Crippen molar-refractivity contribution in [3.05, 3.63) is 0 Å². The van der Waals surface area contributed by atoms with E-state index in [0.29, 0.717) is 12.5 Å². The predicted octanol–water partition coefficient (Wildman–Crippen LogP) is -0.794. The van der Waals surface area contributed by atoms with Gasteiger partial charge in [-0.1, -0.05) is 0 Å². The summed E-state index contributed by atoms with van der Waals surface area (Å²) in [4.78, 5) is 13.7. The summed E-state index contributed by atoms with van der Waals surface area (Å²) in [5, 5.41) is 11.9. The van der Waals surface area contributed by atoms with E-state index in [4.69, 9.17) is 9.84 Å². The van der Waals surface area contributed by atoms with Crippen molar-refractivity contribution in [3.63, 3.8) is 0 Å². The second-order valence-electron chi connectivity index (χ2n) is 4.70. The maximum absolute atomic E-state index is 11.7. The highest BCUT2D eigenvalue weighted by Crippen LogP contribution is 2.13. The Bertz CT molecular complexity index is 235. The van der Waals surface area contributed by atoms with Crippen LogP contribution < -0.4 is 5.32 Å². The van der Waals surface area contributed by atoms with Crippen LogP contribution >= 0.6 is 0 Å². The first kappa shape index (κ1) is 11.8. The van der Waals surface area contributed by atoms with Crippen LogP contribution in [0.25, 0.3) is 0 Å². The fourth-order valence-corrected chi connectivity index (χ4v) is 2.24. The highest BCUT2D eigenvalue weighted by Gasteiger charge is 2.27. The minimum absolute atomic E-state index is 0.100. The van der Waals surface area contributed by atoms with Crippen molar-refractivity contribution in [3.8, 4) is 0 Å². The van der Waals surface area contributed by atoms with E-state index < -0.39 is 0 Å². The van der Waals surface area contributed by atoms with Crippen LogP contribution in [-0.4, -0.2) is 61.4 Å². The Kier molecular flexibility index (Phi) is 4.15. The second-order valence-corrected chi connectivity index (χ2v) is 4.70. The van der Waals surface area contributed by atoms with E-state index in [-0.39, 0.29) is 18.6 Å². The van der Waals surface area contributed by atoms with Gasteiger partial charge in [-0.2, -0.15) is 0 Å². The fraction of sp³-hybridized carbons (Fsp3) is 0.909. The summed E-state index contributed by atoms with van der Waals surface area (Å²) >= 11 is 0. The van der Waals surface area contributed by atoms with Crippen molar-refractivity contribution in [2.24, 2.45) is 5.92 Å². The lowest BCUT2D eigenvalue weighted by Gasteiger charge is -2.38. The molecule has 0 radical (unpaired) electrons. The van der Waals surface area contributed by atoms with Gasteiger partial charge in [-0.3, -0.25) is 9.69 Å². The predicted molar refractivity (Wildman–Crippen MR) is 59.0 cm³/mol. The van der Waals surface area contributed by atoms with Crippen LogP contribution in [0.15, 0.2) is 0 Å². The van der Waals surface area contributed by atoms with Crippen molar-refractivity contribution in [1.82, 2.24) is 10.2 Å². The van der Waals surface area contributed by atoms with Crippen molar-refractivity contribution >= 4 is 5.91 Å². The van der Waals surface area contributed by atoms with Gasteiger partial charge in [0.25, 0.3) is 0 Å². The SMILES string of the molecule is O=C(CN1CC(CO)C1)NC1CCOCC1. The first-order chi connectivity index (χ1) is 7.78. The van der Waals surface area contributed by atoms with Gasteiger partial charge in [0.15, 0.2) is 0 Å². The number of rotatable bonds is 4. The van der Waals surface area contributed by atoms with Crippen LogP contribution in [0.3, 0.4) is 0 Å². The molecule has 0 aliphatic carbocycles. The smallest absolute Gasteiger partial charge is 0.234 e. The topological polar surface area (TPSA) is 61.8 Å². The number of hydrogen-bond acceptors (Lipinski definition) is 4. The van der Waals surface area contributed by atoms with Crippen molar-refractivity contribution in [2.45, 2.75) is 18.9 Å². The lowest BCUT2D eigenvalue weighted by Crippen LogP contribution is -2.53.